The predicted octanol–water partition coefficient (Wildman–Crippen LogP) is -7.10. The summed E-state index contributed by atoms with van der Waals surface area (Å²) in [5, 5.41) is 150. The molecule has 0 aliphatic rings. The Morgan fingerprint density at radius 3 is 0.381 bits per heavy atom. The maximum absolute atomic E-state index is 14.9. The molecule has 37 nitrogen and oxygen atoms in total. The monoisotopic (exact) mass is 1410 g/mol. The Bertz CT molecular complexity index is 2280. The van der Waals surface area contributed by atoms with Gasteiger partial charge in [-0.25, -0.2) is 0 Å². The summed E-state index contributed by atoms with van der Waals surface area (Å²) in [4.78, 5) is 152. The molecule has 0 aromatic carbocycles. The number of hydrogen-bond acceptors (Lipinski definition) is 37. The van der Waals surface area contributed by atoms with Gasteiger partial charge in [0.2, 0.25) is 0 Å². The quantitative estimate of drug-likeness (QED) is 0.0199. The molecule has 0 aromatic heterocycles. The summed E-state index contributed by atoms with van der Waals surface area (Å²) in [5.41, 5.74) is -27.2. The van der Waals surface area contributed by atoms with Crippen LogP contribution in [0.25, 0.3) is 0 Å². The molecule has 37 heteroatoms. The molecule has 0 rings (SSSR count). The van der Waals surface area contributed by atoms with Crippen molar-refractivity contribution in [1.82, 2.24) is 0 Å². The van der Waals surface area contributed by atoms with Gasteiger partial charge in [0.1, 0.15) is 138 Å². The minimum absolute atomic E-state index is 0.922. The lowest BCUT2D eigenvalue weighted by Crippen LogP contribution is -2.51. The smallest absolute Gasteiger partial charge is 0.318 e. The first-order chi connectivity index (χ1) is 44.8. The van der Waals surface area contributed by atoms with Gasteiger partial charge in [-0.15, -0.1) is 0 Å². The Morgan fingerprint density at radius 2 is 0.258 bits per heavy atom. The summed E-state index contributed by atoms with van der Waals surface area (Å²) >= 11 is 0. The molecule has 0 bridgehead atoms. The van der Waals surface area contributed by atoms with Crippen LogP contribution in [-0.2, 0) is 105 Å². The van der Waals surface area contributed by atoms with E-state index < -0.39 is 302 Å². The van der Waals surface area contributed by atoms with Crippen molar-refractivity contribution in [2.24, 2.45) is 65.0 Å². The van der Waals surface area contributed by atoms with Crippen molar-refractivity contribution in [3.05, 3.63) is 0 Å². The topological polar surface area (TPSA) is 593 Å². The summed E-state index contributed by atoms with van der Waals surface area (Å²) in [6.45, 7) is -19.2. The van der Waals surface area contributed by atoms with E-state index in [0.29, 0.717) is 0 Å². The Hall–Kier alpha value is -6.43. The summed E-state index contributed by atoms with van der Waals surface area (Å²) in [5.74, 6) is -16.1. The van der Waals surface area contributed by atoms with Gasteiger partial charge in [0.05, 0.1) is 99.1 Å². The average Bonchev–Trinajstić information content (AvgIpc) is 0.822. The first kappa shape index (κ1) is 90.6. The summed E-state index contributed by atoms with van der Waals surface area (Å²) in [6, 6.07) is 0. The van der Waals surface area contributed by atoms with E-state index in [4.69, 9.17) is 52.1 Å². The Balaban J connectivity index is 9.11. The van der Waals surface area contributed by atoms with Crippen LogP contribution in [0.5, 0.6) is 0 Å². The Kier molecular flexibility index (Phi) is 35.7. The van der Waals surface area contributed by atoms with E-state index in [2.05, 4.69) is 0 Å². The molecule has 0 saturated heterocycles. The van der Waals surface area contributed by atoms with Gasteiger partial charge in [-0.2, -0.15) is 0 Å². The molecule has 0 heterocycles. The lowest BCUT2D eigenvalue weighted by molar-refractivity contribution is -0.191. The molecule has 97 heavy (non-hydrogen) atoms. The zero-order valence-electron chi connectivity index (χ0n) is 56.6. The molecular formula is C60H100O37. The van der Waals surface area contributed by atoms with Crippen LogP contribution in [-0.4, -0.2) is 314 Å². The van der Waals surface area contributed by atoms with Crippen LogP contribution in [0.2, 0.25) is 0 Å². The standard InChI is InChI=1S/C60H100O37/c1-49(12-61,13-62)38(76)87-27-56(8,26-75)45(83)94-34-60(35-95-46(84)57(9,28-88-39(77)50(2,14-63)15-64)29-89-40(78)51(3,16-65)17-66,36-96-47(85)58(10,30-90-41(79)52(4,18-67)19-68)31-91-42(80)53(5,20-69)21-70)37-97-48(86)59(11,32-92-43(81)54(6,22-71)23-72)33-93-44(82)55(7,24-73)25-74/h61-75H,12-37H2,1-11H3. The van der Waals surface area contributed by atoms with Crippen molar-refractivity contribution in [2.45, 2.75) is 76.2 Å². The highest BCUT2D eigenvalue weighted by Gasteiger charge is 2.51. The second-order valence-corrected chi connectivity index (χ2v) is 27.4. The van der Waals surface area contributed by atoms with Crippen LogP contribution >= 0.6 is 0 Å². The molecule has 1 atom stereocenters. The highest BCUT2D eigenvalue weighted by molar-refractivity contribution is 5.84. The van der Waals surface area contributed by atoms with E-state index >= 15 is 0 Å². The van der Waals surface area contributed by atoms with Gasteiger partial charge in [0.15, 0.2) is 0 Å². The van der Waals surface area contributed by atoms with Gasteiger partial charge in [-0.3, -0.25) is 52.7 Å². The number of rotatable bonds is 48. The summed E-state index contributed by atoms with van der Waals surface area (Å²) < 4.78 is 60.1. The number of aliphatic hydroxyl groups is 15. The normalized spacial score (nSPS) is 13.6. The summed E-state index contributed by atoms with van der Waals surface area (Å²) in [7, 11) is 0. The van der Waals surface area contributed by atoms with Crippen LogP contribution in [0.1, 0.15) is 76.2 Å². The van der Waals surface area contributed by atoms with Crippen molar-refractivity contribution >= 4 is 65.7 Å². The van der Waals surface area contributed by atoms with Crippen molar-refractivity contribution in [2.75, 3.05) is 172 Å². The summed E-state index contributed by atoms with van der Waals surface area (Å²) in [6.07, 6.45) is 0. The van der Waals surface area contributed by atoms with Crippen LogP contribution in [0.4, 0.5) is 0 Å². The third kappa shape index (κ3) is 23.6. The van der Waals surface area contributed by atoms with Gasteiger partial charge in [-0.1, -0.05) is 0 Å². The maximum atomic E-state index is 14.9. The van der Waals surface area contributed by atoms with E-state index in [0.717, 1.165) is 76.2 Å². The van der Waals surface area contributed by atoms with Crippen molar-refractivity contribution < 1.29 is 181 Å². The number of hydrogen-bond donors (Lipinski definition) is 15. The van der Waals surface area contributed by atoms with Gasteiger partial charge in [0, 0.05) is 0 Å². The molecule has 0 aliphatic carbocycles. The van der Waals surface area contributed by atoms with Gasteiger partial charge >= 0.3 is 65.7 Å². The zero-order chi connectivity index (χ0) is 75.5. The minimum Gasteiger partial charge on any atom is -0.464 e. The van der Waals surface area contributed by atoms with Gasteiger partial charge in [0.25, 0.3) is 0 Å². The van der Waals surface area contributed by atoms with Gasteiger partial charge in [-0.05, 0) is 76.2 Å². The van der Waals surface area contributed by atoms with Crippen LogP contribution in [0.15, 0.2) is 0 Å². The molecule has 0 radical (unpaired) electrons. The molecule has 0 saturated carbocycles. The Morgan fingerprint density at radius 1 is 0.165 bits per heavy atom. The lowest BCUT2D eigenvalue weighted by Gasteiger charge is -2.37. The third-order valence-corrected chi connectivity index (χ3v) is 16.3. The Labute approximate surface area is 558 Å². The van der Waals surface area contributed by atoms with Crippen molar-refractivity contribution in [1.29, 1.82) is 0 Å². The van der Waals surface area contributed by atoms with E-state index in [1.807, 2.05) is 0 Å². The van der Waals surface area contributed by atoms with Crippen LogP contribution in [0.3, 0.4) is 0 Å². The second-order valence-electron chi connectivity index (χ2n) is 27.4. The van der Waals surface area contributed by atoms with E-state index in [9.17, 15) is 129 Å². The lowest BCUT2D eigenvalue weighted by atomic mass is 9.88. The largest absolute Gasteiger partial charge is 0.464 e. The molecule has 15 N–H and O–H groups in total. The molecule has 0 fully saturated rings. The highest BCUT2D eigenvalue weighted by Crippen LogP contribution is 2.34. The fourth-order valence-corrected chi connectivity index (χ4v) is 6.52. The number of esters is 11. The number of carbonyl (C=O) groups is 11. The molecule has 0 aromatic rings. The molecule has 0 aliphatic heterocycles. The van der Waals surface area contributed by atoms with Crippen LogP contribution in [0, 0.1) is 65.0 Å². The predicted molar refractivity (Wildman–Crippen MR) is 318 cm³/mol. The number of ether oxygens (including phenoxy) is 11. The first-order valence-corrected chi connectivity index (χ1v) is 29.9. The van der Waals surface area contributed by atoms with Crippen molar-refractivity contribution in [3.8, 4) is 0 Å². The van der Waals surface area contributed by atoms with E-state index in [1.54, 1.807) is 0 Å². The maximum Gasteiger partial charge on any atom is 0.318 e. The van der Waals surface area contributed by atoms with Crippen molar-refractivity contribution in [3.63, 3.8) is 0 Å². The molecule has 1 unspecified atom stereocenters. The zero-order valence-corrected chi connectivity index (χ0v) is 56.6. The minimum atomic E-state index is -2.76. The average molecular weight is 1410 g/mol. The number of aliphatic hydroxyl groups excluding tert-OH is 15. The van der Waals surface area contributed by atoms with Crippen LogP contribution < -0.4 is 0 Å². The molecule has 0 spiro atoms. The number of carbonyl (C=O) groups excluding carboxylic acids is 11. The molecule has 0 amide bonds. The fourth-order valence-electron chi connectivity index (χ4n) is 6.52. The SMILES string of the molecule is CC(CO)(CO)C(=O)OCC(C)(CO)C(=O)OCC(COC(=O)C(C)(COC(=O)C(C)(CO)CO)COC(=O)C(C)(CO)CO)(COC(=O)C(C)(COC(=O)C(C)(CO)CO)COC(=O)C(C)(CO)CO)COC(=O)C(C)(COC(=O)C(C)(CO)CO)COC(=O)C(C)(CO)CO. The second kappa shape index (κ2) is 38.2. The third-order valence-electron chi connectivity index (χ3n) is 16.3. The first-order valence-electron chi connectivity index (χ1n) is 29.9. The molecular weight excluding hydrogens is 1310 g/mol. The van der Waals surface area contributed by atoms with Gasteiger partial charge < -0.3 is 129 Å². The molecule has 562 valence electrons. The fraction of sp³-hybridized carbons (Fsp3) is 0.817. The highest BCUT2D eigenvalue weighted by atomic mass is 16.6. The van der Waals surface area contributed by atoms with E-state index in [1.165, 1.54) is 0 Å². The van der Waals surface area contributed by atoms with E-state index in [-0.39, 0.29) is 0 Å².